The molecule has 0 saturated carbocycles. The summed E-state index contributed by atoms with van der Waals surface area (Å²) in [6.07, 6.45) is -4.61. The Kier molecular flexibility index (Phi) is 4.55. The molecule has 2 atom stereocenters. The van der Waals surface area contributed by atoms with Crippen LogP contribution in [0.5, 0.6) is 0 Å². The van der Waals surface area contributed by atoms with Gasteiger partial charge in [0.25, 0.3) is 0 Å². The second kappa shape index (κ2) is 6.05. The number of hydrogen-bond donors (Lipinski definition) is 1. The van der Waals surface area contributed by atoms with Crippen LogP contribution in [0.25, 0.3) is 0 Å². The van der Waals surface area contributed by atoms with Gasteiger partial charge >= 0.3 is 6.18 Å². The molecule has 2 amide bonds. The maximum Gasteiger partial charge on any atom is 0.406 e. The number of carbonyl (C=O) groups is 2. The summed E-state index contributed by atoms with van der Waals surface area (Å²) < 4.78 is 36.9. The van der Waals surface area contributed by atoms with E-state index in [0.717, 1.165) is 4.88 Å². The van der Waals surface area contributed by atoms with E-state index < -0.39 is 24.5 Å². The van der Waals surface area contributed by atoms with Gasteiger partial charge in [-0.1, -0.05) is 6.07 Å². The minimum Gasteiger partial charge on any atom is -0.348 e. The van der Waals surface area contributed by atoms with Crippen molar-refractivity contribution in [1.82, 2.24) is 10.2 Å². The van der Waals surface area contributed by atoms with Crippen LogP contribution in [0.2, 0.25) is 0 Å². The van der Waals surface area contributed by atoms with Gasteiger partial charge in [0.2, 0.25) is 11.8 Å². The molecule has 1 aromatic rings. The molecule has 2 rings (SSSR count). The molecule has 0 unspecified atom stereocenters. The molecular formula is C13H15F3N2O2S. The van der Waals surface area contributed by atoms with E-state index >= 15 is 0 Å². The van der Waals surface area contributed by atoms with Crippen molar-refractivity contribution < 1.29 is 22.8 Å². The first-order valence-corrected chi connectivity index (χ1v) is 7.32. The molecule has 0 spiro atoms. The lowest BCUT2D eigenvalue weighted by atomic mass is 10.1. The van der Waals surface area contributed by atoms with E-state index in [1.807, 2.05) is 17.5 Å². The van der Waals surface area contributed by atoms with E-state index in [0.29, 0.717) is 4.90 Å². The highest BCUT2D eigenvalue weighted by molar-refractivity contribution is 7.10. The van der Waals surface area contributed by atoms with Crippen molar-refractivity contribution in [3.8, 4) is 0 Å². The van der Waals surface area contributed by atoms with Crippen LogP contribution in [0.3, 0.4) is 0 Å². The number of amides is 2. The molecule has 2 heterocycles. The predicted molar refractivity (Wildman–Crippen MR) is 71.6 cm³/mol. The lowest BCUT2D eigenvalue weighted by molar-refractivity contribution is -0.157. The molecule has 116 valence electrons. The second-order valence-electron chi connectivity index (χ2n) is 5.04. The van der Waals surface area contributed by atoms with Crippen LogP contribution < -0.4 is 5.32 Å². The number of nitrogens with one attached hydrogen (secondary N) is 1. The van der Waals surface area contributed by atoms with Crippen molar-refractivity contribution >= 4 is 23.2 Å². The van der Waals surface area contributed by atoms with E-state index in [1.165, 1.54) is 11.3 Å². The average Bonchev–Trinajstić information content (AvgIpc) is 2.98. The SMILES string of the molecule is C[C@@H](NC(=O)[C@@H]1CC(=O)N(CC(F)(F)F)C1)c1cccs1. The van der Waals surface area contributed by atoms with Crippen molar-refractivity contribution in [3.05, 3.63) is 22.4 Å². The molecule has 1 aliphatic heterocycles. The number of nitrogens with zero attached hydrogens (tertiary/aromatic N) is 1. The van der Waals surface area contributed by atoms with E-state index in [-0.39, 0.29) is 24.9 Å². The van der Waals surface area contributed by atoms with Gasteiger partial charge in [0.1, 0.15) is 6.54 Å². The van der Waals surface area contributed by atoms with Crippen LogP contribution in [0.15, 0.2) is 17.5 Å². The summed E-state index contributed by atoms with van der Waals surface area (Å²) >= 11 is 1.48. The van der Waals surface area contributed by atoms with Crippen molar-refractivity contribution in [2.24, 2.45) is 5.92 Å². The summed E-state index contributed by atoms with van der Waals surface area (Å²) in [5.74, 6) is -1.73. The fourth-order valence-electron chi connectivity index (χ4n) is 2.26. The Bertz CT molecular complexity index is 516. The minimum atomic E-state index is -4.44. The van der Waals surface area contributed by atoms with Crippen LogP contribution in [0, 0.1) is 5.92 Å². The Morgan fingerprint density at radius 2 is 2.29 bits per heavy atom. The highest BCUT2D eigenvalue weighted by Gasteiger charge is 2.40. The molecule has 4 nitrogen and oxygen atoms in total. The number of rotatable bonds is 4. The van der Waals surface area contributed by atoms with Gasteiger partial charge in [-0.15, -0.1) is 11.3 Å². The molecule has 1 saturated heterocycles. The third-order valence-electron chi connectivity index (χ3n) is 3.28. The van der Waals surface area contributed by atoms with Crippen LogP contribution in [0.4, 0.5) is 13.2 Å². The van der Waals surface area contributed by atoms with Gasteiger partial charge in [-0.2, -0.15) is 13.2 Å². The zero-order valence-corrected chi connectivity index (χ0v) is 12.1. The first-order chi connectivity index (χ1) is 9.76. The van der Waals surface area contributed by atoms with Gasteiger partial charge in [0.15, 0.2) is 0 Å². The molecular weight excluding hydrogens is 305 g/mol. The third kappa shape index (κ3) is 4.20. The normalized spacial score (nSPS) is 20.7. The molecule has 1 aromatic heterocycles. The Hall–Kier alpha value is -1.57. The van der Waals surface area contributed by atoms with Gasteiger partial charge in [-0.25, -0.2) is 0 Å². The van der Waals surface area contributed by atoms with Gasteiger partial charge in [0, 0.05) is 17.8 Å². The largest absolute Gasteiger partial charge is 0.406 e. The molecule has 0 aromatic carbocycles. The van der Waals surface area contributed by atoms with Crippen LogP contribution >= 0.6 is 11.3 Å². The Morgan fingerprint density at radius 1 is 1.57 bits per heavy atom. The monoisotopic (exact) mass is 320 g/mol. The van der Waals surface area contributed by atoms with Gasteiger partial charge in [-0.05, 0) is 18.4 Å². The summed E-state index contributed by atoms with van der Waals surface area (Å²) in [7, 11) is 0. The molecule has 0 aliphatic carbocycles. The third-order valence-corrected chi connectivity index (χ3v) is 4.34. The van der Waals surface area contributed by atoms with E-state index in [2.05, 4.69) is 5.32 Å². The standard InChI is InChI=1S/C13H15F3N2O2S/c1-8(10-3-2-4-21-10)17-12(20)9-5-11(19)18(6-9)7-13(14,15)16/h2-4,8-9H,5-7H2,1H3,(H,17,20)/t8-,9-/m1/s1. The Morgan fingerprint density at radius 3 is 2.86 bits per heavy atom. The number of thiophene rings is 1. The summed E-state index contributed by atoms with van der Waals surface area (Å²) in [5, 5.41) is 4.62. The molecule has 0 radical (unpaired) electrons. The minimum absolute atomic E-state index is 0.168. The second-order valence-corrected chi connectivity index (χ2v) is 6.02. The summed E-state index contributed by atoms with van der Waals surface area (Å²) in [5.41, 5.74) is 0. The number of alkyl halides is 3. The Balaban J connectivity index is 1.91. The maximum atomic E-state index is 12.3. The first kappa shape index (κ1) is 15.8. The van der Waals surface area contributed by atoms with Gasteiger partial charge in [-0.3, -0.25) is 9.59 Å². The Labute approximate surface area is 123 Å². The smallest absolute Gasteiger partial charge is 0.348 e. The lowest BCUT2D eigenvalue weighted by Gasteiger charge is -2.19. The highest BCUT2D eigenvalue weighted by Crippen LogP contribution is 2.25. The van der Waals surface area contributed by atoms with Gasteiger partial charge in [0.05, 0.1) is 12.0 Å². The zero-order valence-electron chi connectivity index (χ0n) is 11.3. The highest BCUT2D eigenvalue weighted by atomic mass is 32.1. The van der Waals surface area contributed by atoms with Crippen molar-refractivity contribution in [3.63, 3.8) is 0 Å². The summed E-state index contributed by atoms with van der Waals surface area (Å²) in [6.45, 7) is 0.325. The lowest BCUT2D eigenvalue weighted by Crippen LogP contribution is -2.37. The maximum absolute atomic E-state index is 12.3. The topological polar surface area (TPSA) is 49.4 Å². The zero-order chi connectivity index (χ0) is 15.6. The fourth-order valence-corrected chi connectivity index (χ4v) is 2.99. The number of likely N-dealkylation sites (tertiary alicyclic amines) is 1. The number of carbonyl (C=O) groups excluding carboxylic acids is 2. The molecule has 0 bridgehead atoms. The molecule has 1 aliphatic rings. The summed E-state index contributed by atoms with van der Waals surface area (Å²) in [6, 6.07) is 3.50. The van der Waals surface area contributed by atoms with E-state index in [1.54, 1.807) is 6.92 Å². The van der Waals surface area contributed by atoms with Crippen molar-refractivity contribution in [2.75, 3.05) is 13.1 Å². The van der Waals surface area contributed by atoms with Crippen LogP contribution in [-0.4, -0.2) is 36.0 Å². The summed E-state index contributed by atoms with van der Waals surface area (Å²) in [4.78, 5) is 25.2. The molecule has 1 fully saturated rings. The quantitative estimate of drug-likeness (QED) is 0.926. The number of hydrogen-bond acceptors (Lipinski definition) is 3. The molecule has 21 heavy (non-hydrogen) atoms. The van der Waals surface area contributed by atoms with Crippen LogP contribution in [0.1, 0.15) is 24.3 Å². The van der Waals surface area contributed by atoms with Crippen LogP contribution in [-0.2, 0) is 9.59 Å². The fraction of sp³-hybridized carbons (Fsp3) is 0.538. The van der Waals surface area contributed by atoms with Crippen molar-refractivity contribution in [1.29, 1.82) is 0 Å². The average molecular weight is 320 g/mol. The first-order valence-electron chi connectivity index (χ1n) is 6.44. The van der Waals surface area contributed by atoms with Crippen molar-refractivity contribution in [2.45, 2.75) is 25.6 Å². The molecule has 8 heteroatoms. The van der Waals surface area contributed by atoms with Gasteiger partial charge < -0.3 is 10.2 Å². The number of halogens is 3. The van der Waals surface area contributed by atoms with E-state index in [4.69, 9.17) is 0 Å². The predicted octanol–water partition coefficient (Wildman–Crippen LogP) is 2.34. The van der Waals surface area contributed by atoms with E-state index in [9.17, 15) is 22.8 Å². The molecule has 1 N–H and O–H groups in total.